The number of imidazole rings is 1. The summed E-state index contributed by atoms with van der Waals surface area (Å²) in [5, 5.41) is 0. The number of ether oxygens (including phenoxy) is 1. The van der Waals surface area contributed by atoms with Gasteiger partial charge < -0.3 is 14.5 Å². The van der Waals surface area contributed by atoms with E-state index in [1.807, 2.05) is 81.7 Å². The number of hydrogen-bond donors (Lipinski definition) is 0. The van der Waals surface area contributed by atoms with E-state index < -0.39 is 34.8 Å². The molecule has 0 N–H and O–H groups in total. The smallest absolute Gasteiger partial charge is 0.334 e. The van der Waals surface area contributed by atoms with E-state index in [1.165, 1.54) is 0 Å². The molecule has 1 aromatic carbocycles. The minimum atomic E-state index is -1.40. The van der Waals surface area contributed by atoms with Gasteiger partial charge in [-0.3, -0.25) is 8.87 Å². The average molecular weight is 621 g/mol. The Kier molecular flexibility index (Phi) is 8.52. The van der Waals surface area contributed by atoms with Crippen LogP contribution >= 0.6 is 0 Å². The Balaban J connectivity index is 1.56. The van der Waals surface area contributed by atoms with Crippen LogP contribution in [0.1, 0.15) is 47.1 Å². The van der Waals surface area contributed by atoms with Crippen molar-refractivity contribution in [2.24, 2.45) is 7.05 Å². The highest BCUT2D eigenvalue weighted by atomic mass is 32.2. The minimum absolute atomic E-state index is 0.197. The van der Waals surface area contributed by atoms with Gasteiger partial charge in [0.05, 0.1) is 17.4 Å². The van der Waals surface area contributed by atoms with Gasteiger partial charge >= 0.3 is 11.7 Å². The molecule has 4 aromatic rings. The van der Waals surface area contributed by atoms with Gasteiger partial charge in [0.25, 0.3) is 0 Å². The largest absolute Gasteiger partial charge is 0.458 e. The van der Waals surface area contributed by atoms with Crippen molar-refractivity contribution >= 4 is 45.6 Å². The van der Waals surface area contributed by atoms with E-state index in [9.17, 15) is 13.8 Å². The molecule has 12 nitrogen and oxygen atoms in total. The molecule has 5 rings (SSSR count). The van der Waals surface area contributed by atoms with Gasteiger partial charge in [0.15, 0.2) is 11.5 Å². The lowest BCUT2D eigenvalue weighted by Crippen LogP contribution is -2.52. The van der Waals surface area contributed by atoms with E-state index in [0.29, 0.717) is 41.9 Å². The highest BCUT2D eigenvalue weighted by Gasteiger charge is 2.44. The second-order valence-corrected chi connectivity index (χ2v) is 13.0. The highest BCUT2D eigenvalue weighted by molar-refractivity contribution is 7.85. The number of pyridine rings is 1. The van der Waals surface area contributed by atoms with Crippen LogP contribution in [0.4, 0.5) is 17.5 Å². The summed E-state index contributed by atoms with van der Waals surface area (Å²) in [5.41, 5.74) is 2.50. The molecule has 0 saturated heterocycles. The number of carbonyl (C=O) groups is 1. The number of aromatic nitrogens is 5. The van der Waals surface area contributed by atoms with Crippen molar-refractivity contribution in [3.05, 3.63) is 64.8 Å². The number of fused-ring (bicyclic) bond motifs is 2. The summed E-state index contributed by atoms with van der Waals surface area (Å²) in [6.07, 6.45) is 4.78. The fraction of sp³-hybridized carbons (Fsp3) is 0.452. The van der Waals surface area contributed by atoms with Crippen molar-refractivity contribution in [2.45, 2.75) is 65.8 Å². The first-order chi connectivity index (χ1) is 20.9. The Morgan fingerprint density at radius 3 is 2.41 bits per heavy atom. The SMILES string of the molecule is CCN(CC)c1ncc2c(n1)N([C@@H](Cc1ccc(-n3c(=O)n(C)c4cccnc43)cc1)C(=O)OC(C)(C)C)C(C)N2S(C)=O. The predicted molar refractivity (Wildman–Crippen MR) is 174 cm³/mol. The molecule has 0 amide bonds. The molecular weight excluding hydrogens is 580 g/mol. The maximum Gasteiger partial charge on any atom is 0.334 e. The summed E-state index contributed by atoms with van der Waals surface area (Å²) in [6.45, 7) is 12.9. The van der Waals surface area contributed by atoms with Crippen molar-refractivity contribution in [1.29, 1.82) is 0 Å². The molecule has 4 heterocycles. The van der Waals surface area contributed by atoms with Crippen LogP contribution in [0, 0.1) is 0 Å². The molecule has 3 atom stereocenters. The Morgan fingerprint density at radius 1 is 1.11 bits per heavy atom. The normalized spacial score (nSPS) is 16.2. The zero-order chi connectivity index (χ0) is 31.9. The molecule has 13 heteroatoms. The Morgan fingerprint density at radius 2 is 1.80 bits per heavy atom. The zero-order valence-electron chi connectivity index (χ0n) is 26.5. The van der Waals surface area contributed by atoms with Crippen molar-refractivity contribution in [1.82, 2.24) is 24.1 Å². The predicted octanol–water partition coefficient (Wildman–Crippen LogP) is 3.58. The number of rotatable bonds is 9. The van der Waals surface area contributed by atoms with Crippen molar-refractivity contribution < 1.29 is 13.7 Å². The second-order valence-electron chi connectivity index (χ2n) is 11.8. The fourth-order valence-electron chi connectivity index (χ4n) is 5.68. The zero-order valence-corrected chi connectivity index (χ0v) is 27.3. The van der Waals surface area contributed by atoms with Crippen LogP contribution in [0.25, 0.3) is 16.9 Å². The van der Waals surface area contributed by atoms with E-state index in [-0.39, 0.29) is 12.1 Å². The van der Waals surface area contributed by atoms with Crippen molar-refractivity contribution in [2.75, 3.05) is 33.5 Å². The molecule has 1 aliphatic rings. The topological polar surface area (TPSA) is 119 Å². The first kappa shape index (κ1) is 31.2. The quantitative estimate of drug-likeness (QED) is 0.259. The van der Waals surface area contributed by atoms with Gasteiger partial charge in [-0.15, -0.1) is 0 Å². The number of anilines is 3. The molecule has 0 fully saturated rings. The van der Waals surface area contributed by atoms with Crippen LogP contribution in [-0.2, 0) is 34.0 Å². The van der Waals surface area contributed by atoms with Crippen LogP contribution in [0.5, 0.6) is 0 Å². The number of esters is 1. The third-order valence-electron chi connectivity index (χ3n) is 7.74. The number of aryl methyl sites for hydroxylation is 1. The summed E-state index contributed by atoms with van der Waals surface area (Å²) in [7, 11) is 0.322. The lowest BCUT2D eigenvalue weighted by Gasteiger charge is -2.35. The second kappa shape index (κ2) is 12.0. The Bertz CT molecular complexity index is 1760. The number of carbonyl (C=O) groups excluding carboxylic acids is 1. The third-order valence-corrected chi connectivity index (χ3v) is 8.80. The molecule has 234 valence electrons. The molecule has 0 bridgehead atoms. The van der Waals surface area contributed by atoms with E-state index in [2.05, 4.69) is 9.97 Å². The lowest BCUT2D eigenvalue weighted by atomic mass is 10.0. The fourth-order valence-corrected chi connectivity index (χ4v) is 6.62. The summed E-state index contributed by atoms with van der Waals surface area (Å²) in [5.74, 6) is 0.655. The van der Waals surface area contributed by atoms with Crippen LogP contribution < -0.4 is 19.8 Å². The summed E-state index contributed by atoms with van der Waals surface area (Å²) in [6, 6.07) is 10.4. The molecule has 0 aliphatic carbocycles. The first-order valence-electron chi connectivity index (χ1n) is 14.7. The summed E-state index contributed by atoms with van der Waals surface area (Å²) < 4.78 is 23.8. The van der Waals surface area contributed by atoms with Gasteiger partial charge in [-0.05, 0) is 71.4 Å². The van der Waals surface area contributed by atoms with Crippen molar-refractivity contribution in [3.8, 4) is 5.69 Å². The van der Waals surface area contributed by atoms with Crippen LogP contribution in [-0.4, -0.2) is 71.4 Å². The Hall–Kier alpha value is -4.26. The molecule has 44 heavy (non-hydrogen) atoms. The van der Waals surface area contributed by atoms with Crippen molar-refractivity contribution in [3.63, 3.8) is 0 Å². The minimum Gasteiger partial charge on any atom is -0.458 e. The van der Waals surface area contributed by atoms with E-state index in [0.717, 1.165) is 11.1 Å². The monoisotopic (exact) mass is 620 g/mol. The maximum atomic E-state index is 13.9. The summed E-state index contributed by atoms with van der Waals surface area (Å²) in [4.78, 5) is 44.8. The van der Waals surface area contributed by atoms with E-state index in [4.69, 9.17) is 9.72 Å². The number of benzene rings is 1. The van der Waals surface area contributed by atoms with Crippen LogP contribution in [0.2, 0.25) is 0 Å². The van der Waals surface area contributed by atoms with Gasteiger partial charge in [0.2, 0.25) is 5.95 Å². The molecule has 1 aliphatic heterocycles. The third kappa shape index (κ3) is 5.68. The molecular formula is C31H40N8O4S. The Labute approximate surface area is 259 Å². The molecule has 0 radical (unpaired) electrons. The number of nitrogens with zero attached hydrogens (tertiary/aromatic N) is 8. The van der Waals surface area contributed by atoms with Gasteiger partial charge in [-0.25, -0.2) is 28.3 Å². The van der Waals surface area contributed by atoms with Gasteiger partial charge in [0, 0.05) is 39.0 Å². The molecule has 0 saturated carbocycles. The molecule has 3 aromatic heterocycles. The van der Waals surface area contributed by atoms with Gasteiger partial charge in [-0.1, -0.05) is 12.1 Å². The maximum absolute atomic E-state index is 13.9. The average Bonchev–Trinajstić information content (AvgIpc) is 3.41. The van der Waals surface area contributed by atoms with E-state index in [1.54, 1.807) is 45.2 Å². The first-order valence-corrected chi connectivity index (χ1v) is 16.3. The molecule has 0 spiro atoms. The molecule has 2 unspecified atom stereocenters. The van der Waals surface area contributed by atoms with E-state index >= 15 is 0 Å². The number of hydrogen-bond acceptors (Lipinski definition) is 9. The highest BCUT2D eigenvalue weighted by Crippen LogP contribution is 2.41. The van der Waals surface area contributed by atoms with Crippen LogP contribution in [0.3, 0.4) is 0 Å². The summed E-state index contributed by atoms with van der Waals surface area (Å²) >= 11 is 0. The lowest BCUT2D eigenvalue weighted by molar-refractivity contribution is -0.156. The standard InChI is InChI=1S/C31H40N8O4S/c1-9-36(10-2)29-33-19-25-27(34-29)37(20(3)39(25)44(8)42)24(28(40)43-31(4,5)6)18-21-13-15-22(16-14-21)38-26-23(12-11-17-32-26)35(7)30(38)41/h11-17,19-20,24H,9-10,18H2,1-8H3/t20?,24-,44?/m0/s1. The van der Waals surface area contributed by atoms with Crippen LogP contribution in [0.15, 0.2) is 53.6 Å². The van der Waals surface area contributed by atoms with Gasteiger partial charge in [-0.2, -0.15) is 4.98 Å². The van der Waals surface area contributed by atoms with Gasteiger partial charge in [0.1, 0.15) is 34.5 Å².